The van der Waals surface area contributed by atoms with Crippen LogP contribution in [-0.2, 0) is 9.53 Å². The molecule has 0 unspecified atom stereocenters. The van der Waals surface area contributed by atoms with Crippen molar-refractivity contribution in [1.82, 2.24) is 0 Å². The van der Waals surface area contributed by atoms with Gasteiger partial charge < -0.3 is 4.74 Å². The van der Waals surface area contributed by atoms with Crippen LogP contribution in [0, 0.1) is 5.41 Å². The minimum atomic E-state index is -0.0139. The maximum Gasteiger partial charge on any atom is 0.164 e. The summed E-state index contributed by atoms with van der Waals surface area (Å²) in [5.74, 6) is 0.296. The molecule has 0 bridgehead atoms. The lowest BCUT2D eigenvalue weighted by Gasteiger charge is -2.15. The van der Waals surface area contributed by atoms with Gasteiger partial charge in [0.05, 0.1) is 6.10 Å². The van der Waals surface area contributed by atoms with Crippen LogP contribution < -0.4 is 0 Å². The Kier molecular flexibility index (Phi) is 0.730. The molecule has 2 rings (SSSR count). The zero-order chi connectivity index (χ0) is 6.65. The number of ether oxygens (including phenoxy) is 1. The number of epoxide rings is 1. The highest BCUT2D eigenvalue weighted by molar-refractivity contribution is 5.89. The molecule has 0 aromatic rings. The average Bonchev–Trinajstić information content (AvgIpc) is 2.33. The predicted molar refractivity (Wildman–Crippen MR) is 32.1 cm³/mol. The minimum Gasteiger partial charge on any atom is -0.361 e. The smallest absolute Gasteiger partial charge is 0.164 e. The molecule has 9 heavy (non-hydrogen) atoms. The van der Waals surface area contributed by atoms with E-state index in [0.29, 0.717) is 12.2 Å². The monoisotopic (exact) mass is 126 g/mol. The molecule has 50 valence electrons. The van der Waals surface area contributed by atoms with Crippen molar-refractivity contribution in [2.75, 3.05) is 0 Å². The molecule has 1 saturated heterocycles. The van der Waals surface area contributed by atoms with Gasteiger partial charge in [0.2, 0.25) is 0 Å². The van der Waals surface area contributed by atoms with E-state index in [-0.39, 0.29) is 17.6 Å². The van der Waals surface area contributed by atoms with E-state index in [1.807, 2.05) is 0 Å². The number of Topliss-reactive ketones (excluding diaryl/α,β-unsaturated/α-hetero) is 1. The van der Waals surface area contributed by atoms with Crippen LogP contribution in [0.3, 0.4) is 0 Å². The topological polar surface area (TPSA) is 29.6 Å². The van der Waals surface area contributed by atoms with E-state index in [2.05, 4.69) is 13.8 Å². The van der Waals surface area contributed by atoms with Crippen LogP contribution in [0.15, 0.2) is 0 Å². The molecule has 0 amide bonds. The Morgan fingerprint density at radius 3 is 2.44 bits per heavy atom. The Morgan fingerprint density at radius 2 is 2.33 bits per heavy atom. The van der Waals surface area contributed by atoms with Crippen molar-refractivity contribution in [1.29, 1.82) is 0 Å². The lowest BCUT2D eigenvalue weighted by Crippen LogP contribution is -2.15. The largest absolute Gasteiger partial charge is 0.361 e. The molecule has 2 atom stereocenters. The SMILES string of the molecule is CC1(C)CC(=O)[C@@H]2O[C@@H]21. The van der Waals surface area contributed by atoms with Gasteiger partial charge in [0.15, 0.2) is 5.78 Å². The molecular formula is C7H10O2. The summed E-state index contributed by atoms with van der Waals surface area (Å²) in [4.78, 5) is 10.9. The summed E-state index contributed by atoms with van der Waals surface area (Å²) in [6.07, 6.45) is 0.951. The summed E-state index contributed by atoms with van der Waals surface area (Å²) >= 11 is 0. The van der Waals surface area contributed by atoms with Gasteiger partial charge in [0, 0.05) is 11.8 Å². The molecule has 0 radical (unpaired) electrons. The first kappa shape index (κ1) is 5.42. The molecule has 1 aliphatic heterocycles. The van der Waals surface area contributed by atoms with Crippen molar-refractivity contribution < 1.29 is 9.53 Å². The molecule has 0 aromatic heterocycles. The van der Waals surface area contributed by atoms with E-state index in [1.54, 1.807) is 0 Å². The second-order valence-corrected chi connectivity index (χ2v) is 3.61. The number of carbonyl (C=O) groups is 1. The van der Waals surface area contributed by atoms with E-state index in [1.165, 1.54) is 0 Å². The normalized spacial score (nSPS) is 44.9. The quantitative estimate of drug-likeness (QED) is 0.448. The summed E-state index contributed by atoms with van der Waals surface area (Å²) in [5, 5.41) is 0. The Hall–Kier alpha value is -0.370. The molecule has 2 fully saturated rings. The van der Waals surface area contributed by atoms with Crippen LogP contribution in [0.5, 0.6) is 0 Å². The van der Waals surface area contributed by atoms with Gasteiger partial charge >= 0.3 is 0 Å². The molecule has 2 aliphatic rings. The first-order chi connectivity index (χ1) is 4.11. The van der Waals surface area contributed by atoms with Crippen LogP contribution >= 0.6 is 0 Å². The average molecular weight is 126 g/mol. The van der Waals surface area contributed by atoms with Crippen molar-refractivity contribution in [3.8, 4) is 0 Å². The highest BCUT2D eigenvalue weighted by Crippen LogP contribution is 2.48. The van der Waals surface area contributed by atoms with E-state index in [4.69, 9.17) is 4.74 Å². The van der Waals surface area contributed by atoms with Crippen molar-refractivity contribution in [3.05, 3.63) is 0 Å². The molecule has 1 saturated carbocycles. The molecule has 1 aliphatic carbocycles. The maximum atomic E-state index is 10.9. The molecule has 0 aromatic carbocycles. The molecular weight excluding hydrogens is 116 g/mol. The first-order valence-electron chi connectivity index (χ1n) is 3.29. The van der Waals surface area contributed by atoms with Gasteiger partial charge in [-0.05, 0) is 0 Å². The van der Waals surface area contributed by atoms with Crippen molar-refractivity contribution >= 4 is 5.78 Å². The van der Waals surface area contributed by atoms with E-state index >= 15 is 0 Å². The highest BCUT2D eigenvalue weighted by atomic mass is 16.6. The summed E-state index contributed by atoms with van der Waals surface area (Å²) in [7, 11) is 0. The lowest BCUT2D eigenvalue weighted by atomic mass is 9.91. The van der Waals surface area contributed by atoms with Gasteiger partial charge in [-0.2, -0.15) is 0 Å². The number of ketones is 1. The Labute approximate surface area is 54.2 Å². The van der Waals surface area contributed by atoms with Crippen LogP contribution in [-0.4, -0.2) is 18.0 Å². The van der Waals surface area contributed by atoms with Crippen molar-refractivity contribution in [2.45, 2.75) is 32.5 Å². The van der Waals surface area contributed by atoms with Crippen LogP contribution in [0.2, 0.25) is 0 Å². The third-order valence-electron chi connectivity index (χ3n) is 2.21. The Balaban J connectivity index is 2.26. The number of hydrogen-bond donors (Lipinski definition) is 0. The third-order valence-corrected chi connectivity index (χ3v) is 2.21. The van der Waals surface area contributed by atoms with Gasteiger partial charge in [0.25, 0.3) is 0 Å². The van der Waals surface area contributed by atoms with Gasteiger partial charge in [-0.1, -0.05) is 13.8 Å². The number of carbonyl (C=O) groups excluding carboxylic acids is 1. The zero-order valence-corrected chi connectivity index (χ0v) is 5.68. The maximum absolute atomic E-state index is 10.9. The fraction of sp³-hybridized carbons (Fsp3) is 0.857. The van der Waals surface area contributed by atoms with Crippen LogP contribution in [0.25, 0.3) is 0 Å². The summed E-state index contributed by atoms with van der Waals surface area (Å²) in [6.45, 7) is 4.17. The molecule has 2 heteroatoms. The Morgan fingerprint density at radius 1 is 1.67 bits per heavy atom. The molecule has 0 spiro atoms. The van der Waals surface area contributed by atoms with Crippen molar-refractivity contribution in [3.63, 3.8) is 0 Å². The second-order valence-electron chi connectivity index (χ2n) is 3.61. The van der Waals surface area contributed by atoms with Crippen LogP contribution in [0.4, 0.5) is 0 Å². The van der Waals surface area contributed by atoms with Gasteiger partial charge in [-0.25, -0.2) is 0 Å². The minimum absolute atomic E-state index is 0.0139. The standard InChI is InChI=1S/C7H10O2/c1-7(2)3-4(8)5-6(7)9-5/h5-6H,3H2,1-2H3/t5-,6-/m0/s1. The fourth-order valence-electron chi connectivity index (χ4n) is 1.60. The summed E-state index contributed by atoms with van der Waals surface area (Å²) < 4.78 is 5.13. The first-order valence-corrected chi connectivity index (χ1v) is 3.29. The lowest BCUT2D eigenvalue weighted by molar-refractivity contribution is -0.121. The summed E-state index contributed by atoms with van der Waals surface area (Å²) in [5.41, 5.74) is 0.127. The molecule has 2 nitrogen and oxygen atoms in total. The predicted octanol–water partition coefficient (Wildman–Crippen LogP) is 0.753. The van der Waals surface area contributed by atoms with E-state index in [0.717, 1.165) is 0 Å². The Bertz CT molecular complexity index is 172. The van der Waals surface area contributed by atoms with Crippen molar-refractivity contribution in [2.24, 2.45) is 5.41 Å². The molecule has 1 heterocycles. The van der Waals surface area contributed by atoms with E-state index < -0.39 is 0 Å². The fourth-order valence-corrected chi connectivity index (χ4v) is 1.60. The molecule has 0 N–H and O–H groups in total. The van der Waals surface area contributed by atoms with E-state index in [9.17, 15) is 4.79 Å². The van der Waals surface area contributed by atoms with Gasteiger partial charge in [-0.3, -0.25) is 4.79 Å². The number of hydrogen-bond acceptors (Lipinski definition) is 2. The number of fused-ring (bicyclic) bond motifs is 1. The summed E-state index contributed by atoms with van der Waals surface area (Å²) in [6, 6.07) is 0. The van der Waals surface area contributed by atoms with Gasteiger partial charge in [0.1, 0.15) is 6.10 Å². The van der Waals surface area contributed by atoms with Crippen LogP contribution in [0.1, 0.15) is 20.3 Å². The second kappa shape index (κ2) is 1.21. The zero-order valence-electron chi connectivity index (χ0n) is 5.68. The number of rotatable bonds is 0. The van der Waals surface area contributed by atoms with Gasteiger partial charge in [-0.15, -0.1) is 0 Å². The third kappa shape index (κ3) is 0.568. The highest BCUT2D eigenvalue weighted by Gasteiger charge is 2.60.